The molecule has 0 spiro atoms. The van der Waals surface area contributed by atoms with Crippen LogP contribution in [0, 0.1) is 85.1 Å². The Kier molecular flexibility index (Phi) is 29.4. The molecule has 0 unspecified atom stereocenters. The van der Waals surface area contributed by atoms with Crippen molar-refractivity contribution in [1.29, 1.82) is 36.8 Å². The molecule has 37 heteroatoms. The molecule has 0 atom stereocenters. The van der Waals surface area contributed by atoms with E-state index in [4.69, 9.17) is 35.2 Å². The number of nitriles is 7. The van der Waals surface area contributed by atoms with Gasteiger partial charge >= 0.3 is 6.18 Å². The first kappa shape index (κ1) is 101. The lowest BCUT2D eigenvalue weighted by Crippen LogP contribution is -2.22. The number of fused-ring (bicyclic) bond motifs is 6. The molecule has 0 fully saturated rings. The van der Waals surface area contributed by atoms with Gasteiger partial charge in [0.15, 0.2) is 39.6 Å². The number of halogens is 4. The number of nitrogens with one attached hydrogen (secondary N) is 6. The third kappa shape index (κ3) is 19.9. The van der Waals surface area contributed by atoms with Crippen LogP contribution in [0.25, 0.3) is 124 Å². The van der Waals surface area contributed by atoms with Crippen molar-refractivity contribution in [2.24, 2.45) is 0 Å². The number of rotatable bonds is 15. The SMILES string of the molecule is CC(C)c1c(-c2cc(-c3ccccc3)co2)nc2c(C#N)c[nH]n2c1=O.CC(C)c1c(-c2ccc(C#N)cc2)nc2c(C#N)c[nH]n2c1=O.CC(C)c1c(-c2ccc(C(F)(F)F)cc2)nc2c(C#N)c[nH]n2c1=O.CC(C)c1c(-c2cccc(-c3ccccc3)c2)nc2c(C#N)c[nH]n2c1=O.CC(C)c1c(-c2ccccc2F)nc2c(C#N)c[nH]n2c1=O.COc1ccc(-c2nc3c(C#N)c[nH]n3c(=O)c2C(C)C)cc1. The lowest BCUT2D eigenvalue weighted by molar-refractivity contribution is -0.137. The molecule has 0 saturated carbocycles. The summed E-state index contributed by atoms with van der Waals surface area (Å²) in [4.78, 5) is 104. The smallest absolute Gasteiger partial charge is 0.416 e. The van der Waals surface area contributed by atoms with Crippen LogP contribution in [0.5, 0.6) is 5.75 Å². The second kappa shape index (κ2) is 42.5. The molecule has 726 valence electrons. The standard InChI is InChI=1S/C22H18N4O.C20H16N4O2.C17H13F3N4O.C17H13N5O.C17H16N4O2.C16H13FN4O/c1-14(2)19-20(25-21-18(12-23)13-24-26(21)22(19)27)17-10-6-9-16(11-17)15-7-4-3-5-8-15;1-12(2)17-18(23-19-15(9-21)10-22-24(19)20(17)25)16-8-14(11-26-16)13-6-4-3-5-7-13;1-9(2)13-14(10-3-5-12(6-4-10)17(18,19)20)23-15-11(7-21)8-22-24(15)16(13)25;1-10(2)14-15(12-5-3-11(7-18)4-6-12)21-16-13(8-19)9-20-22(16)17(14)23;1-10(2)14-15(11-4-6-13(23-3)7-5-11)20-16-12(8-18)9-19-21(16)17(14)22;1-9(2)13-14(11-5-3-4-6-12(11)17)20-15-10(7-18)8-19-21(15)16(13)22/h3-11,13-14,24H,1-2H3;3-8,10-12,22H,1-2H3;3-6,8-9,22H,1-2H3;3-6,9-10,20H,1-2H3;4-7,9-10,19H,1-3H3;3-6,8-9,19H,1-2H3. The van der Waals surface area contributed by atoms with E-state index in [9.17, 15) is 62.1 Å². The Morgan fingerprint density at radius 2 is 0.589 bits per heavy atom. The highest BCUT2D eigenvalue weighted by atomic mass is 19.4. The molecular formula is C109H89F4N25O8. The number of H-pyrrole nitrogens is 6. The van der Waals surface area contributed by atoms with E-state index in [1.807, 2.05) is 209 Å². The molecule has 13 heterocycles. The van der Waals surface area contributed by atoms with Crippen LogP contribution < -0.4 is 38.1 Å². The maximum atomic E-state index is 14.1. The topological polar surface area (TPSA) is 490 Å². The van der Waals surface area contributed by atoms with E-state index < -0.39 is 17.6 Å². The van der Waals surface area contributed by atoms with Crippen LogP contribution in [0.3, 0.4) is 0 Å². The summed E-state index contributed by atoms with van der Waals surface area (Å²) in [6, 6.07) is 68.9. The fourth-order valence-corrected chi connectivity index (χ4v) is 16.7. The molecule has 0 aliphatic rings. The van der Waals surface area contributed by atoms with Crippen molar-refractivity contribution in [3.05, 3.63) is 377 Å². The third-order valence-corrected chi connectivity index (χ3v) is 23.8. The summed E-state index contributed by atoms with van der Waals surface area (Å²) in [5.74, 6) is 0.351. The van der Waals surface area contributed by atoms with Crippen LogP contribution in [0.15, 0.2) is 265 Å². The fourth-order valence-electron chi connectivity index (χ4n) is 16.7. The van der Waals surface area contributed by atoms with Crippen LogP contribution in [-0.2, 0) is 6.18 Å². The molecule has 146 heavy (non-hydrogen) atoms. The summed E-state index contributed by atoms with van der Waals surface area (Å²) in [5, 5.41) is 80.7. The van der Waals surface area contributed by atoms with E-state index in [1.54, 1.807) is 69.7 Å². The van der Waals surface area contributed by atoms with Crippen LogP contribution in [0.4, 0.5) is 17.6 Å². The zero-order valence-corrected chi connectivity index (χ0v) is 80.7. The van der Waals surface area contributed by atoms with E-state index in [1.165, 1.54) is 82.5 Å². The highest BCUT2D eigenvalue weighted by Gasteiger charge is 2.32. The molecule has 33 nitrogen and oxygen atoms in total. The quantitative estimate of drug-likeness (QED) is 0.0519. The Morgan fingerprint density at radius 3 is 0.911 bits per heavy atom. The second-order valence-electron chi connectivity index (χ2n) is 35.2. The van der Waals surface area contributed by atoms with E-state index >= 15 is 0 Å². The monoisotopic (exact) mass is 1950 g/mol. The first-order valence-corrected chi connectivity index (χ1v) is 45.7. The summed E-state index contributed by atoms with van der Waals surface area (Å²) in [5.41, 5.74) is 14.8. The van der Waals surface area contributed by atoms with Gasteiger partial charge in [0, 0.05) is 98.4 Å². The van der Waals surface area contributed by atoms with E-state index in [0.717, 1.165) is 56.8 Å². The van der Waals surface area contributed by atoms with Crippen molar-refractivity contribution in [3.8, 4) is 138 Å². The number of aromatic nitrogens is 18. The minimum absolute atomic E-state index is 0.00200. The Balaban J connectivity index is 0.000000132. The average Bonchev–Trinajstić information content (AvgIpc) is 1.43. The number of alkyl halides is 3. The molecule has 6 N–H and O–H groups in total. The van der Waals surface area contributed by atoms with Gasteiger partial charge in [0.1, 0.15) is 87.1 Å². The number of benzene rings is 7. The van der Waals surface area contributed by atoms with E-state index in [2.05, 4.69) is 73.7 Å². The highest BCUT2D eigenvalue weighted by molar-refractivity contribution is 5.78. The normalized spacial score (nSPS) is 11.1. The molecular weight excluding hydrogens is 1860 g/mol. The van der Waals surface area contributed by atoms with Crippen LogP contribution in [0.2, 0.25) is 0 Å². The van der Waals surface area contributed by atoms with Gasteiger partial charge in [-0.25, -0.2) is 61.4 Å². The number of hydrogen-bond donors (Lipinski definition) is 6. The molecule has 13 aromatic heterocycles. The lowest BCUT2D eigenvalue weighted by atomic mass is 9.95. The van der Waals surface area contributed by atoms with Crippen molar-refractivity contribution in [1.82, 2.24) is 87.6 Å². The first-order valence-electron chi connectivity index (χ1n) is 45.7. The summed E-state index contributed by atoms with van der Waals surface area (Å²) in [7, 11) is 1.60. The van der Waals surface area contributed by atoms with Gasteiger partial charge in [-0.05, 0) is 125 Å². The zero-order valence-electron chi connectivity index (χ0n) is 80.7. The van der Waals surface area contributed by atoms with Crippen molar-refractivity contribution >= 4 is 33.9 Å². The minimum Gasteiger partial charge on any atom is -0.497 e. The number of hydrogen-bond acceptors (Lipinski definition) is 21. The van der Waals surface area contributed by atoms with E-state index in [0.29, 0.717) is 118 Å². The summed E-state index contributed by atoms with van der Waals surface area (Å²) in [6.45, 7) is 22.9. The summed E-state index contributed by atoms with van der Waals surface area (Å²) < 4.78 is 71.0. The minimum atomic E-state index is -4.44. The summed E-state index contributed by atoms with van der Waals surface area (Å²) in [6.07, 6.45) is 5.95. The van der Waals surface area contributed by atoms with Gasteiger partial charge in [-0.2, -0.15) is 50.0 Å². The van der Waals surface area contributed by atoms with Gasteiger partial charge < -0.3 is 9.15 Å². The predicted octanol–water partition coefficient (Wildman–Crippen LogP) is 20.1. The van der Waals surface area contributed by atoms with Crippen molar-refractivity contribution < 1.29 is 26.7 Å². The number of furan rings is 1. The van der Waals surface area contributed by atoms with Crippen molar-refractivity contribution in [2.75, 3.05) is 7.11 Å². The number of ether oxygens (including phenoxy) is 1. The molecule has 0 saturated heterocycles. The first-order chi connectivity index (χ1) is 70.1. The Morgan fingerprint density at radius 1 is 0.308 bits per heavy atom. The lowest BCUT2D eigenvalue weighted by Gasteiger charge is -2.13. The predicted molar refractivity (Wildman–Crippen MR) is 540 cm³/mol. The van der Waals surface area contributed by atoms with Gasteiger partial charge in [-0.15, -0.1) is 0 Å². The van der Waals surface area contributed by atoms with Crippen molar-refractivity contribution in [3.63, 3.8) is 0 Å². The number of methoxy groups -OCH3 is 1. The van der Waals surface area contributed by atoms with Crippen LogP contribution in [0.1, 0.15) is 196 Å². The molecule has 0 aliphatic carbocycles. The Hall–Kier alpha value is -19.7. The second-order valence-corrected chi connectivity index (χ2v) is 35.2. The maximum Gasteiger partial charge on any atom is 0.416 e. The number of nitrogens with zero attached hydrogens (tertiary/aromatic N) is 19. The van der Waals surface area contributed by atoms with Crippen molar-refractivity contribution in [2.45, 2.75) is 125 Å². The van der Waals surface area contributed by atoms with Gasteiger partial charge in [-0.3, -0.25) is 59.4 Å². The van der Waals surface area contributed by atoms with E-state index in [-0.39, 0.29) is 108 Å². The molecule has 0 amide bonds. The fraction of sp³-hybridized carbons (Fsp3) is 0.183. The average molecular weight is 1950 g/mol. The molecule has 20 aromatic rings. The highest BCUT2D eigenvalue weighted by Crippen LogP contribution is 2.38. The third-order valence-electron chi connectivity index (χ3n) is 23.8. The number of aromatic amines is 6. The maximum absolute atomic E-state index is 14.1. The van der Waals surface area contributed by atoms with Gasteiger partial charge in [0.05, 0.1) is 64.6 Å². The molecule has 20 rings (SSSR count). The summed E-state index contributed by atoms with van der Waals surface area (Å²) >= 11 is 0. The molecule has 0 aliphatic heterocycles. The largest absolute Gasteiger partial charge is 0.497 e. The zero-order chi connectivity index (χ0) is 105. The van der Waals surface area contributed by atoms with Crippen LogP contribution in [-0.4, -0.2) is 94.7 Å². The Bertz CT molecular complexity index is 9130. The van der Waals surface area contributed by atoms with Gasteiger partial charge in [-0.1, -0.05) is 198 Å². The van der Waals surface area contributed by atoms with Crippen LogP contribution >= 0.6 is 0 Å². The Labute approximate surface area is 827 Å². The van der Waals surface area contributed by atoms with Gasteiger partial charge in [0.2, 0.25) is 0 Å². The van der Waals surface area contributed by atoms with Gasteiger partial charge in [0.25, 0.3) is 33.4 Å². The molecule has 7 aromatic carbocycles. The molecule has 0 radical (unpaired) electrons. The molecule has 0 bridgehead atoms.